The molecule has 0 aromatic carbocycles. The Balaban J connectivity index is 2.15. The molecule has 1 atom stereocenters. The van der Waals surface area contributed by atoms with Crippen molar-refractivity contribution in [2.75, 3.05) is 26.2 Å². The highest BCUT2D eigenvalue weighted by Gasteiger charge is 2.22. The molecule has 4 nitrogen and oxygen atoms in total. The lowest BCUT2D eigenvalue weighted by Gasteiger charge is -2.35. The van der Waals surface area contributed by atoms with Crippen LogP contribution in [0.25, 0.3) is 0 Å². The molecule has 0 radical (unpaired) electrons. The van der Waals surface area contributed by atoms with Crippen molar-refractivity contribution in [2.24, 2.45) is 0 Å². The number of aromatic nitrogens is 2. The van der Waals surface area contributed by atoms with Crippen LogP contribution in [0.1, 0.15) is 18.5 Å². The predicted octanol–water partition coefficient (Wildman–Crippen LogP) is 0.443. The average molecular weight is 192 g/mol. The summed E-state index contributed by atoms with van der Waals surface area (Å²) in [5.74, 6) is 0. The molecule has 0 aliphatic carbocycles. The number of piperazine rings is 1. The van der Waals surface area contributed by atoms with Gasteiger partial charge in [-0.05, 0) is 6.54 Å². The van der Waals surface area contributed by atoms with Crippen molar-refractivity contribution in [3.63, 3.8) is 0 Å². The van der Waals surface area contributed by atoms with E-state index in [0.29, 0.717) is 6.04 Å². The molecule has 1 aromatic rings. The van der Waals surface area contributed by atoms with E-state index < -0.39 is 0 Å². The summed E-state index contributed by atoms with van der Waals surface area (Å²) in [6.07, 6.45) is 5.40. The van der Waals surface area contributed by atoms with Gasteiger partial charge in [0.2, 0.25) is 0 Å². The van der Waals surface area contributed by atoms with Gasteiger partial charge >= 0.3 is 0 Å². The summed E-state index contributed by atoms with van der Waals surface area (Å²) in [5.41, 5.74) is 1.21. The fourth-order valence-corrected chi connectivity index (χ4v) is 1.94. The SMILES string of the molecule is CCN1CCNCC1c1cncnc1. The highest BCUT2D eigenvalue weighted by molar-refractivity contribution is 5.11. The monoisotopic (exact) mass is 192 g/mol. The van der Waals surface area contributed by atoms with Crippen LogP contribution in [0.5, 0.6) is 0 Å². The minimum Gasteiger partial charge on any atom is -0.314 e. The molecule has 2 rings (SSSR count). The zero-order chi connectivity index (χ0) is 9.80. The molecule has 1 unspecified atom stereocenters. The number of hydrogen-bond donors (Lipinski definition) is 1. The molecule has 14 heavy (non-hydrogen) atoms. The molecule has 76 valence electrons. The van der Waals surface area contributed by atoms with Crippen molar-refractivity contribution < 1.29 is 0 Å². The third-order valence-electron chi connectivity index (χ3n) is 2.73. The van der Waals surface area contributed by atoms with Crippen molar-refractivity contribution in [1.29, 1.82) is 0 Å². The van der Waals surface area contributed by atoms with Crippen molar-refractivity contribution in [3.8, 4) is 0 Å². The van der Waals surface area contributed by atoms with E-state index in [9.17, 15) is 0 Å². The van der Waals surface area contributed by atoms with Crippen LogP contribution in [0.15, 0.2) is 18.7 Å². The Bertz CT molecular complexity index is 275. The lowest BCUT2D eigenvalue weighted by molar-refractivity contribution is 0.170. The molecule has 2 heterocycles. The minimum atomic E-state index is 0.440. The molecule has 0 spiro atoms. The van der Waals surface area contributed by atoms with Gasteiger partial charge in [0.05, 0.1) is 6.04 Å². The van der Waals surface area contributed by atoms with E-state index in [2.05, 4.69) is 27.1 Å². The maximum atomic E-state index is 4.06. The van der Waals surface area contributed by atoms with Crippen LogP contribution < -0.4 is 5.32 Å². The Morgan fingerprint density at radius 1 is 1.50 bits per heavy atom. The second-order valence-corrected chi connectivity index (χ2v) is 3.52. The summed E-state index contributed by atoms with van der Waals surface area (Å²) < 4.78 is 0. The summed E-state index contributed by atoms with van der Waals surface area (Å²) >= 11 is 0. The third kappa shape index (κ3) is 1.91. The molecule has 1 fully saturated rings. The molecular formula is C10H16N4. The Kier molecular flexibility index (Phi) is 3.06. The van der Waals surface area contributed by atoms with Crippen molar-refractivity contribution in [1.82, 2.24) is 20.2 Å². The maximum absolute atomic E-state index is 4.06. The van der Waals surface area contributed by atoms with Crippen LogP contribution >= 0.6 is 0 Å². The first-order chi connectivity index (χ1) is 6.92. The molecule has 0 saturated carbocycles. The predicted molar refractivity (Wildman–Crippen MR) is 54.9 cm³/mol. The number of nitrogens with zero attached hydrogens (tertiary/aromatic N) is 3. The highest BCUT2D eigenvalue weighted by Crippen LogP contribution is 2.19. The van der Waals surface area contributed by atoms with Gasteiger partial charge in [-0.2, -0.15) is 0 Å². The molecule has 4 heteroatoms. The van der Waals surface area contributed by atoms with E-state index in [-0.39, 0.29) is 0 Å². The van der Waals surface area contributed by atoms with E-state index >= 15 is 0 Å². The highest BCUT2D eigenvalue weighted by atomic mass is 15.2. The summed E-state index contributed by atoms with van der Waals surface area (Å²) in [7, 11) is 0. The van der Waals surface area contributed by atoms with Gasteiger partial charge in [-0.3, -0.25) is 4.90 Å². The second kappa shape index (κ2) is 4.48. The Labute approximate surface area is 84.4 Å². The molecule has 1 N–H and O–H groups in total. The molecule has 0 bridgehead atoms. The standard InChI is InChI=1S/C10H16N4/c1-2-14-4-3-11-7-10(14)9-5-12-8-13-6-9/h5-6,8,10-11H,2-4,7H2,1H3. The zero-order valence-electron chi connectivity index (χ0n) is 8.48. The van der Waals surface area contributed by atoms with E-state index in [1.54, 1.807) is 6.33 Å². The molecule has 1 aliphatic rings. The molecule has 0 amide bonds. The van der Waals surface area contributed by atoms with Crippen molar-refractivity contribution in [3.05, 3.63) is 24.3 Å². The van der Waals surface area contributed by atoms with Crippen molar-refractivity contribution in [2.45, 2.75) is 13.0 Å². The van der Waals surface area contributed by atoms with Crippen molar-refractivity contribution >= 4 is 0 Å². The fraction of sp³-hybridized carbons (Fsp3) is 0.600. The number of hydrogen-bond acceptors (Lipinski definition) is 4. The Morgan fingerprint density at radius 3 is 3.00 bits per heavy atom. The van der Waals surface area contributed by atoms with Gasteiger partial charge in [0, 0.05) is 37.6 Å². The van der Waals surface area contributed by atoms with Crippen LogP contribution in [0.4, 0.5) is 0 Å². The van der Waals surface area contributed by atoms with E-state index in [4.69, 9.17) is 0 Å². The lowest BCUT2D eigenvalue weighted by Crippen LogP contribution is -2.45. The van der Waals surface area contributed by atoms with E-state index in [1.807, 2.05) is 12.4 Å². The summed E-state index contributed by atoms with van der Waals surface area (Å²) in [6, 6.07) is 0.440. The van der Waals surface area contributed by atoms with E-state index in [0.717, 1.165) is 26.2 Å². The van der Waals surface area contributed by atoms with E-state index in [1.165, 1.54) is 5.56 Å². The quantitative estimate of drug-likeness (QED) is 0.738. The van der Waals surface area contributed by atoms with Crippen LogP contribution in [0, 0.1) is 0 Å². The van der Waals surface area contributed by atoms with Gasteiger partial charge in [0.25, 0.3) is 0 Å². The normalized spacial score (nSPS) is 23.6. The second-order valence-electron chi connectivity index (χ2n) is 3.52. The third-order valence-corrected chi connectivity index (χ3v) is 2.73. The minimum absolute atomic E-state index is 0.440. The fourth-order valence-electron chi connectivity index (χ4n) is 1.94. The molecule has 1 aliphatic heterocycles. The maximum Gasteiger partial charge on any atom is 0.115 e. The molecule has 1 aromatic heterocycles. The van der Waals surface area contributed by atoms with Crippen LogP contribution in [-0.2, 0) is 0 Å². The largest absolute Gasteiger partial charge is 0.314 e. The number of rotatable bonds is 2. The summed E-state index contributed by atoms with van der Waals surface area (Å²) in [6.45, 7) is 6.47. The first-order valence-corrected chi connectivity index (χ1v) is 5.11. The topological polar surface area (TPSA) is 41.0 Å². The van der Waals surface area contributed by atoms with Crippen LogP contribution in [0.2, 0.25) is 0 Å². The number of nitrogens with one attached hydrogen (secondary N) is 1. The Hall–Kier alpha value is -1.00. The van der Waals surface area contributed by atoms with Gasteiger partial charge < -0.3 is 5.32 Å². The van der Waals surface area contributed by atoms with Gasteiger partial charge in [-0.25, -0.2) is 9.97 Å². The van der Waals surface area contributed by atoms with Crippen LogP contribution in [-0.4, -0.2) is 41.0 Å². The van der Waals surface area contributed by atoms with Crippen LogP contribution in [0.3, 0.4) is 0 Å². The first-order valence-electron chi connectivity index (χ1n) is 5.11. The lowest BCUT2D eigenvalue weighted by atomic mass is 10.1. The van der Waals surface area contributed by atoms with Gasteiger partial charge in [0.1, 0.15) is 6.33 Å². The first kappa shape index (κ1) is 9.55. The van der Waals surface area contributed by atoms with Gasteiger partial charge in [-0.1, -0.05) is 6.92 Å². The van der Waals surface area contributed by atoms with Gasteiger partial charge in [-0.15, -0.1) is 0 Å². The zero-order valence-corrected chi connectivity index (χ0v) is 8.48. The average Bonchev–Trinajstić information content (AvgIpc) is 2.30. The molecule has 1 saturated heterocycles. The number of likely N-dealkylation sites (N-methyl/N-ethyl adjacent to an activating group) is 1. The Morgan fingerprint density at radius 2 is 2.29 bits per heavy atom. The molecular weight excluding hydrogens is 176 g/mol. The smallest absolute Gasteiger partial charge is 0.115 e. The summed E-state index contributed by atoms with van der Waals surface area (Å²) in [4.78, 5) is 10.6. The summed E-state index contributed by atoms with van der Waals surface area (Å²) in [5, 5.41) is 3.40. The van der Waals surface area contributed by atoms with Gasteiger partial charge in [0.15, 0.2) is 0 Å².